The summed E-state index contributed by atoms with van der Waals surface area (Å²) in [7, 11) is 0. The van der Waals surface area contributed by atoms with Crippen LogP contribution in [0.4, 0.5) is 5.69 Å². The number of nitrogens with zero attached hydrogens (tertiary/aromatic N) is 3. The highest BCUT2D eigenvalue weighted by molar-refractivity contribution is 7.78. The standard InChI is InChI=1S/C31H43N3O2S/c1-2-3-4-5-6-7-8-9-10-11-12-13-14-17-22-34(23-18-21-32)31(36)28-24-29(33-25-37)26-19-15-16-20-27(26)30(28)35/h15-16,19-20,24,35H,2-14,17-18,22-23H2,1H3. The van der Waals surface area contributed by atoms with Gasteiger partial charge in [-0.3, -0.25) is 4.79 Å². The molecule has 37 heavy (non-hydrogen) atoms. The fraction of sp³-hybridized carbons (Fsp3) is 0.581. The van der Waals surface area contributed by atoms with Crippen LogP contribution < -0.4 is 0 Å². The molecule has 0 atom stereocenters. The second-order valence-corrected chi connectivity index (χ2v) is 10.0. The van der Waals surface area contributed by atoms with E-state index >= 15 is 0 Å². The third-order valence-corrected chi connectivity index (χ3v) is 7.04. The van der Waals surface area contributed by atoms with Crippen LogP contribution >= 0.6 is 12.2 Å². The largest absolute Gasteiger partial charge is 0.506 e. The first-order valence-electron chi connectivity index (χ1n) is 14.1. The molecule has 0 saturated heterocycles. The summed E-state index contributed by atoms with van der Waals surface area (Å²) < 4.78 is 0. The Kier molecular flexibility index (Phi) is 15.2. The van der Waals surface area contributed by atoms with E-state index in [4.69, 9.17) is 17.5 Å². The molecule has 1 amide bonds. The monoisotopic (exact) mass is 521 g/mol. The van der Waals surface area contributed by atoms with E-state index in [2.05, 4.69) is 23.1 Å². The smallest absolute Gasteiger partial charge is 0.257 e. The Morgan fingerprint density at radius 1 is 0.892 bits per heavy atom. The first-order valence-corrected chi connectivity index (χ1v) is 14.5. The topological polar surface area (TPSA) is 76.7 Å². The van der Waals surface area contributed by atoms with Crippen molar-refractivity contribution in [2.75, 3.05) is 13.1 Å². The van der Waals surface area contributed by atoms with Crippen LogP contribution in [0.2, 0.25) is 0 Å². The zero-order valence-corrected chi connectivity index (χ0v) is 23.3. The number of phenolic OH excluding ortho intramolecular Hbond substituents is 1. The van der Waals surface area contributed by atoms with E-state index in [1.54, 1.807) is 17.0 Å². The quantitative estimate of drug-likeness (QED) is 0.114. The lowest BCUT2D eigenvalue weighted by Crippen LogP contribution is -2.33. The van der Waals surface area contributed by atoms with E-state index in [0.717, 1.165) is 19.3 Å². The summed E-state index contributed by atoms with van der Waals surface area (Å²) in [6.07, 6.45) is 18.1. The molecule has 0 bridgehead atoms. The van der Waals surface area contributed by atoms with Gasteiger partial charge in [-0.25, -0.2) is 0 Å². The number of aliphatic imine (C=N–C) groups is 1. The van der Waals surface area contributed by atoms with Crippen molar-refractivity contribution in [3.63, 3.8) is 0 Å². The van der Waals surface area contributed by atoms with Gasteiger partial charge in [-0.1, -0.05) is 115 Å². The van der Waals surface area contributed by atoms with Gasteiger partial charge in [-0.15, -0.1) is 0 Å². The highest BCUT2D eigenvalue weighted by atomic mass is 32.1. The van der Waals surface area contributed by atoms with Crippen LogP contribution in [0.1, 0.15) is 114 Å². The number of aromatic hydroxyl groups is 1. The molecule has 2 aromatic carbocycles. The van der Waals surface area contributed by atoms with Gasteiger partial charge in [0.05, 0.1) is 28.9 Å². The van der Waals surface area contributed by atoms with Gasteiger partial charge < -0.3 is 10.0 Å². The number of rotatable bonds is 19. The van der Waals surface area contributed by atoms with Gasteiger partial charge in [0.1, 0.15) is 5.75 Å². The molecule has 0 saturated carbocycles. The van der Waals surface area contributed by atoms with Gasteiger partial charge in [-0.2, -0.15) is 10.3 Å². The fourth-order valence-electron chi connectivity index (χ4n) is 4.81. The zero-order valence-electron chi connectivity index (χ0n) is 22.5. The van der Waals surface area contributed by atoms with Gasteiger partial charge in [0.25, 0.3) is 5.91 Å². The second kappa shape index (κ2) is 18.5. The average Bonchev–Trinajstić information content (AvgIpc) is 2.92. The van der Waals surface area contributed by atoms with Crippen LogP contribution in [-0.2, 0) is 0 Å². The Bertz CT molecular complexity index is 1060. The molecule has 0 aliphatic carbocycles. The lowest BCUT2D eigenvalue weighted by Gasteiger charge is -2.23. The molecular weight excluding hydrogens is 478 g/mol. The van der Waals surface area contributed by atoms with Crippen molar-refractivity contribution >= 4 is 39.7 Å². The fourth-order valence-corrected chi connectivity index (χ4v) is 4.91. The number of phenols is 1. The maximum atomic E-state index is 13.4. The maximum absolute atomic E-state index is 13.4. The molecular formula is C31H43N3O2S. The van der Waals surface area contributed by atoms with Gasteiger partial charge in [0, 0.05) is 23.9 Å². The van der Waals surface area contributed by atoms with Crippen molar-refractivity contribution in [1.82, 2.24) is 4.90 Å². The molecule has 0 aliphatic heterocycles. The summed E-state index contributed by atoms with van der Waals surface area (Å²) >= 11 is 4.78. The van der Waals surface area contributed by atoms with Crippen molar-refractivity contribution in [1.29, 1.82) is 5.26 Å². The normalized spacial score (nSPS) is 10.7. The molecule has 5 nitrogen and oxygen atoms in total. The molecule has 0 radical (unpaired) electrons. The Hall–Kier alpha value is -2.74. The molecule has 0 spiro atoms. The summed E-state index contributed by atoms with van der Waals surface area (Å²) in [6.45, 7) is 3.17. The number of fused-ring (bicyclic) bond motifs is 1. The summed E-state index contributed by atoms with van der Waals surface area (Å²) in [6, 6.07) is 11.0. The number of carbonyl (C=O) groups excluding carboxylic acids is 1. The number of isothiocyanates is 1. The highest BCUT2D eigenvalue weighted by Gasteiger charge is 2.22. The third-order valence-electron chi connectivity index (χ3n) is 6.95. The van der Waals surface area contributed by atoms with Crippen LogP contribution in [0, 0.1) is 11.3 Å². The van der Waals surface area contributed by atoms with Crippen molar-refractivity contribution in [3.05, 3.63) is 35.9 Å². The van der Waals surface area contributed by atoms with Crippen molar-refractivity contribution < 1.29 is 9.90 Å². The summed E-state index contributed by atoms with van der Waals surface area (Å²) in [5.41, 5.74) is 0.689. The summed E-state index contributed by atoms with van der Waals surface area (Å²) in [4.78, 5) is 19.2. The molecule has 0 unspecified atom stereocenters. The third kappa shape index (κ3) is 10.6. The first kappa shape index (κ1) is 30.5. The molecule has 1 N–H and O–H groups in total. The predicted octanol–water partition coefficient (Wildman–Crippen LogP) is 9.12. The maximum Gasteiger partial charge on any atom is 0.257 e. The van der Waals surface area contributed by atoms with Crippen molar-refractivity contribution in [2.24, 2.45) is 4.99 Å². The van der Waals surface area contributed by atoms with Gasteiger partial charge in [0.15, 0.2) is 0 Å². The average molecular weight is 522 g/mol. The number of amides is 1. The minimum Gasteiger partial charge on any atom is -0.506 e. The molecule has 2 rings (SSSR count). The Morgan fingerprint density at radius 3 is 1.97 bits per heavy atom. The molecule has 0 aromatic heterocycles. The Balaban J connectivity index is 1.81. The van der Waals surface area contributed by atoms with E-state index in [0.29, 0.717) is 29.5 Å². The summed E-state index contributed by atoms with van der Waals surface area (Å²) in [5, 5.41) is 23.6. The van der Waals surface area contributed by atoms with Crippen LogP contribution in [-0.4, -0.2) is 34.2 Å². The van der Waals surface area contributed by atoms with E-state index in [1.807, 2.05) is 18.2 Å². The van der Waals surface area contributed by atoms with E-state index < -0.39 is 0 Å². The van der Waals surface area contributed by atoms with Crippen LogP contribution in [0.5, 0.6) is 5.75 Å². The number of benzene rings is 2. The highest BCUT2D eigenvalue weighted by Crippen LogP contribution is 2.36. The lowest BCUT2D eigenvalue weighted by molar-refractivity contribution is 0.0753. The Labute approximate surface area is 228 Å². The molecule has 0 fully saturated rings. The number of hydrogen-bond acceptors (Lipinski definition) is 5. The van der Waals surface area contributed by atoms with E-state index in [-0.39, 0.29) is 23.6 Å². The van der Waals surface area contributed by atoms with Gasteiger partial charge >= 0.3 is 0 Å². The van der Waals surface area contributed by atoms with Gasteiger partial charge in [-0.05, 0) is 24.7 Å². The van der Waals surface area contributed by atoms with Crippen LogP contribution in [0.25, 0.3) is 10.8 Å². The SMILES string of the molecule is CCCCCCCCCCCCCCCCN(CCC#N)C(=O)c1cc(N=C=S)c2ccccc2c1O. The van der Waals surface area contributed by atoms with Gasteiger partial charge in [0.2, 0.25) is 0 Å². The number of unbranched alkanes of at least 4 members (excludes halogenated alkanes) is 13. The minimum atomic E-state index is -0.283. The zero-order chi connectivity index (χ0) is 26.7. The van der Waals surface area contributed by atoms with Crippen molar-refractivity contribution in [2.45, 2.75) is 103 Å². The van der Waals surface area contributed by atoms with E-state index in [9.17, 15) is 9.90 Å². The number of thiocarbonyl (C=S) groups is 1. The summed E-state index contributed by atoms with van der Waals surface area (Å²) in [5.74, 6) is -0.346. The van der Waals surface area contributed by atoms with Crippen molar-refractivity contribution in [3.8, 4) is 11.8 Å². The molecule has 6 heteroatoms. The molecule has 0 heterocycles. The molecule has 2 aromatic rings. The van der Waals surface area contributed by atoms with E-state index in [1.165, 1.54) is 70.6 Å². The number of hydrogen-bond donors (Lipinski definition) is 1. The van der Waals surface area contributed by atoms with Crippen LogP contribution in [0.15, 0.2) is 35.3 Å². The molecule has 0 aliphatic rings. The number of carbonyl (C=O) groups is 1. The number of nitriles is 1. The minimum absolute atomic E-state index is 0.0631. The lowest BCUT2D eigenvalue weighted by atomic mass is 10.0. The first-order chi connectivity index (χ1) is 18.1. The Morgan fingerprint density at radius 2 is 1.43 bits per heavy atom. The molecule has 200 valence electrons. The predicted molar refractivity (Wildman–Crippen MR) is 157 cm³/mol. The second-order valence-electron chi connectivity index (χ2n) is 9.84. The van der Waals surface area contributed by atoms with Crippen LogP contribution in [0.3, 0.4) is 0 Å².